The van der Waals surface area contributed by atoms with Crippen LogP contribution in [0.25, 0.3) is 0 Å². The highest BCUT2D eigenvalue weighted by Crippen LogP contribution is 2.28. The zero-order valence-corrected chi connectivity index (χ0v) is 11.4. The molecule has 0 radical (unpaired) electrons. The Hall–Kier alpha value is -1.24. The van der Waals surface area contributed by atoms with Crippen LogP contribution in [0.4, 0.5) is 0 Å². The SMILES string of the molecule is [2H]/C(=C\CCCCC1OOC(C)(C(=O)OC)O1)C(C)=O. The molecule has 0 aliphatic carbocycles. The molecule has 1 fully saturated rings. The summed E-state index contributed by atoms with van der Waals surface area (Å²) in [6.07, 6.45) is 3.70. The third-order valence-electron chi connectivity index (χ3n) is 2.57. The van der Waals surface area contributed by atoms with Crippen molar-refractivity contribution in [2.45, 2.75) is 51.6 Å². The Bertz CT molecular complexity index is 394. The predicted molar refractivity (Wildman–Crippen MR) is 65.8 cm³/mol. The molecule has 0 saturated carbocycles. The van der Waals surface area contributed by atoms with Gasteiger partial charge in [0.2, 0.25) is 0 Å². The summed E-state index contributed by atoms with van der Waals surface area (Å²) in [5, 5.41) is 0. The van der Waals surface area contributed by atoms with Crippen LogP contribution in [0.1, 0.15) is 40.9 Å². The van der Waals surface area contributed by atoms with Crippen LogP contribution in [-0.2, 0) is 28.8 Å². The molecule has 1 rings (SSSR count). The van der Waals surface area contributed by atoms with E-state index in [1.165, 1.54) is 21.0 Å². The Labute approximate surface area is 114 Å². The molecule has 0 aromatic rings. The summed E-state index contributed by atoms with van der Waals surface area (Å²) >= 11 is 0. The average Bonchev–Trinajstić information content (AvgIpc) is 2.80. The molecular formula is C13H20O6. The molecule has 6 heteroatoms. The van der Waals surface area contributed by atoms with Gasteiger partial charge in [0.1, 0.15) is 0 Å². The number of carbonyl (C=O) groups is 2. The number of carbonyl (C=O) groups excluding carboxylic acids is 2. The lowest BCUT2D eigenvalue weighted by atomic mass is 10.1. The van der Waals surface area contributed by atoms with E-state index in [0.29, 0.717) is 12.8 Å². The fraction of sp³-hybridized carbons (Fsp3) is 0.692. The van der Waals surface area contributed by atoms with Gasteiger partial charge >= 0.3 is 5.97 Å². The molecule has 0 spiro atoms. The highest BCUT2D eigenvalue weighted by Gasteiger charge is 2.47. The van der Waals surface area contributed by atoms with E-state index in [9.17, 15) is 9.59 Å². The first-order valence-electron chi connectivity index (χ1n) is 6.67. The van der Waals surface area contributed by atoms with Crippen molar-refractivity contribution < 1.29 is 30.2 Å². The highest BCUT2D eigenvalue weighted by atomic mass is 17.3. The molecule has 0 aromatic heterocycles. The van der Waals surface area contributed by atoms with Crippen molar-refractivity contribution in [3.8, 4) is 0 Å². The van der Waals surface area contributed by atoms with E-state index in [2.05, 4.69) is 4.74 Å². The second-order valence-electron chi connectivity index (χ2n) is 4.35. The van der Waals surface area contributed by atoms with Crippen molar-refractivity contribution in [1.29, 1.82) is 0 Å². The third-order valence-corrected chi connectivity index (χ3v) is 2.57. The van der Waals surface area contributed by atoms with Crippen LogP contribution in [0.3, 0.4) is 0 Å². The van der Waals surface area contributed by atoms with E-state index in [1.807, 2.05) is 0 Å². The maximum absolute atomic E-state index is 11.4. The highest BCUT2D eigenvalue weighted by molar-refractivity contribution is 5.87. The molecule has 108 valence electrons. The molecule has 1 aliphatic rings. The van der Waals surface area contributed by atoms with Crippen molar-refractivity contribution in [1.82, 2.24) is 0 Å². The van der Waals surface area contributed by atoms with Crippen LogP contribution in [0.15, 0.2) is 12.1 Å². The summed E-state index contributed by atoms with van der Waals surface area (Å²) in [6.45, 7) is 2.80. The minimum atomic E-state index is -1.51. The second kappa shape index (κ2) is 7.37. The molecule has 1 heterocycles. The lowest BCUT2D eigenvalue weighted by Crippen LogP contribution is -2.38. The first-order chi connectivity index (χ1) is 9.39. The Morgan fingerprint density at radius 1 is 1.47 bits per heavy atom. The van der Waals surface area contributed by atoms with Gasteiger partial charge in [0.25, 0.3) is 5.79 Å². The maximum atomic E-state index is 11.4. The average molecular weight is 273 g/mol. The number of ketones is 1. The largest absolute Gasteiger partial charge is 0.465 e. The minimum absolute atomic E-state index is 0.0277. The first-order valence-corrected chi connectivity index (χ1v) is 6.17. The van der Waals surface area contributed by atoms with Crippen molar-refractivity contribution in [2.24, 2.45) is 0 Å². The van der Waals surface area contributed by atoms with Crippen molar-refractivity contribution in [3.05, 3.63) is 12.1 Å². The van der Waals surface area contributed by atoms with Gasteiger partial charge in [0, 0.05) is 13.3 Å². The molecule has 2 unspecified atom stereocenters. The van der Waals surface area contributed by atoms with Crippen LogP contribution in [0.2, 0.25) is 0 Å². The van der Waals surface area contributed by atoms with Gasteiger partial charge in [-0.05, 0) is 32.2 Å². The Morgan fingerprint density at radius 3 is 2.84 bits per heavy atom. The summed E-state index contributed by atoms with van der Waals surface area (Å²) in [7, 11) is 1.24. The molecule has 6 nitrogen and oxygen atoms in total. The van der Waals surface area contributed by atoms with Crippen molar-refractivity contribution >= 4 is 11.8 Å². The van der Waals surface area contributed by atoms with Gasteiger partial charge < -0.3 is 9.47 Å². The van der Waals surface area contributed by atoms with Crippen LogP contribution in [0, 0.1) is 0 Å². The maximum Gasteiger partial charge on any atom is 0.369 e. The Balaban J connectivity index is 2.23. The zero-order chi connectivity index (χ0) is 15.2. The number of esters is 1. The van der Waals surface area contributed by atoms with E-state index in [0.717, 1.165) is 12.8 Å². The number of hydrogen-bond donors (Lipinski definition) is 0. The van der Waals surface area contributed by atoms with E-state index in [-0.39, 0.29) is 11.8 Å². The number of allylic oxidation sites excluding steroid dienone is 2. The first kappa shape index (κ1) is 14.2. The lowest BCUT2D eigenvalue weighted by Gasteiger charge is -2.16. The minimum Gasteiger partial charge on any atom is -0.465 e. The summed E-state index contributed by atoms with van der Waals surface area (Å²) < 4.78 is 17.2. The quantitative estimate of drug-likeness (QED) is 0.305. The number of rotatable bonds is 7. The van der Waals surface area contributed by atoms with Gasteiger partial charge in [-0.2, -0.15) is 4.89 Å². The normalized spacial score (nSPS) is 28.1. The number of ether oxygens (including phenoxy) is 2. The monoisotopic (exact) mass is 273 g/mol. The lowest BCUT2D eigenvalue weighted by molar-refractivity contribution is -0.321. The number of unbranched alkanes of at least 4 members (excludes halogenated alkanes) is 2. The molecule has 0 bridgehead atoms. The van der Waals surface area contributed by atoms with E-state index >= 15 is 0 Å². The van der Waals surface area contributed by atoms with Gasteiger partial charge in [-0.3, -0.25) is 4.79 Å². The van der Waals surface area contributed by atoms with Gasteiger partial charge in [-0.1, -0.05) is 6.08 Å². The molecule has 0 aromatic carbocycles. The molecule has 1 aliphatic heterocycles. The van der Waals surface area contributed by atoms with E-state index < -0.39 is 18.0 Å². The fourth-order valence-electron chi connectivity index (χ4n) is 1.58. The van der Waals surface area contributed by atoms with Crippen LogP contribution in [-0.4, -0.2) is 30.9 Å². The predicted octanol–water partition coefficient (Wildman–Crippen LogP) is 1.89. The molecule has 2 atom stereocenters. The summed E-state index contributed by atoms with van der Waals surface area (Å²) in [6, 6.07) is 0.0277. The van der Waals surface area contributed by atoms with Crippen molar-refractivity contribution in [2.75, 3.05) is 7.11 Å². The van der Waals surface area contributed by atoms with E-state index in [4.69, 9.17) is 15.9 Å². The van der Waals surface area contributed by atoms with E-state index in [1.54, 1.807) is 6.08 Å². The third kappa shape index (κ3) is 5.10. The fourth-order valence-corrected chi connectivity index (χ4v) is 1.58. The molecule has 1 saturated heterocycles. The Kier molecular flexibility index (Phi) is 5.50. The van der Waals surface area contributed by atoms with Gasteiger partial charge in [0.15, 0.2) is 12.1 Å². The zero-order valence-electron chi connectivity index (χ0n) is 12.4. The summed E-state index contributed by atoms with van der Waals surface area (Å²) in [5.74, 6) is -2.40. The smallest absolute Gasteiger partial charge is 0.369 e. The molecular weight excluding hydrogens is 252 g/mol. The second-order valence-corrected chi connectivity index (χ2v) is 4.35. The number of methoxy groups -OCH3 is 1. The van der Waals surface area contributed by atoms with Crippen LogP contribution < -0.4 is 0 Å². The van der Waals surface area contributed by atoms with Crippen molar-refractivity contribution in [3.63, 3.8) is 0 Å². The van der Waals surface area contributed by atoms with Crippen LogP contribution >= 0.6 is 0 Å². The van der Waals surface area contributed by atoms with Gasteiger partial charge in [-0.25, -0.2) is 9.68 Å². The summed E-state index contributed by atoms with van der Waals surface area (Å²) in [5.41, 5.74) is 0. The molecule has 0 amide bonds. The van der Waals surface area contributed by atoms with Gasteiger partial charge in [-0.15, -0.1) is 0 Å². The number of hydrogen-bond acceptors (Lipinski definition) is 6. The Morgan fingerprint density at radius 2 is 2.21 bits per heavy atom. The van der Waals surface area contributed by atoms with Crippen LogP contribution in [0.5, 0.6) is 0 Å². The summed E-state index contributed by atoms with van der Waals surface area (Å²) in [4.78, 5) is 32.0. The molecule has 0 N–H and O–H groups in total. The topological polar surface area (TPSA) is 71.1 Å². The molecule has 19 heavy (non-hydrogen) atoms. The standard InChI is InChI=1S/C13H20O6/c1-10(14)8-6-4-5-7-9-11-17-13(2,19-18-11)12(15)16-3/h6,8,11H,4-5,7,9H2,1-3H3/b8-6+/i8D. The van der Waals surface area contributed by atoms with Gasteiger partial charge in [0.05, 0.1) is 8.48 Å².